The van der Waals surface area contributed by atoms with Gasteiger partial charge in [-0.1, -0.05) is 30.3 Å². The molecule has 0 unspecified atom stereocenters. The Bertz CT molecular complexity index is 812. The molecule has 1 aliphatic carbocycles. The molecule has 5 nitrogen and oxygen atoms in total. The molecule has 0 spiro atoms. The fraction of sp³-hybridized carbons (Fsp3) is 0.333. The molecule has 0 bridgehead atoms. The van der Waals surface area contributed by atoms with Crippen LogP contribution in [0.3, 0.4) is 0 Å². The first-order valence-electron chi connectivity index (χ1n) is 8.93. The molecule has 142 valence electrons. The van der Waals surface area contributed by atoms with E-state index < -0.39 is 11.8 Å². The average molecular weight is 371 g/mol. The summed E-state index contributed by atoms with van der Waals surface area (Å²) in [4.78, 5) is 23.6. The van der Waals surface area contributed by atoms with Gasteiger partial charge in [-0.3, -0.25) is 4.79 Å². The van der Waals surface area contributed by atoms with Crippen LogP contribution < -0.4 is 10.1 Å². The average Bonchev–Trinajstić information content (AvgIpc) is 2.69. The van der Waals surface area contributed by atoms with Crippen LogP contribution in [0.2, 0.25) is 0 Å². The number of ketones is 1. The van der Waals surface area contributed by atoms with Crippen molar-refractivity contribution in [3.8, 4) is 5.75 Å². The summed E-state index contributed by atoms with van der Waals surface area (Å²) in [6, 6.07) is 12.0. The van der Waals surface area contributed by atoms with Gasteiger partial charge in [-0.2, -0.15) is 0 Å². The van der Waals surface area contributed by atoms with Gasteiger partial charge in [0.2, 0.25) is 0 Å². The number of anilines is 1. The summed E-state index contributed by atoms with van der Waals surface area (Å²) in [5.41, 5.74) is 1.45. The number of carbonyl (C=O) groups excluding carboxylic acids is 2. The number of esters is 1. The Balaban J connectivity index is 1.80. The van der Waals surface area contributed by atoms with Crippen LogP contribution in [0.15, 0.2) is 42.5 Å². The lowest BCUT2D eigenvalue weighted by Gasteiger charge is -2.24. The lowest BCUT2D eigenvalue weighted by Crippen LogP contribution is -2.27. The highest BCUT2D eigenvalue weighted by Gasteiger charge is 2.23. The number of rotatable bonds is 6. The molecule has 27 heavy (non-hydrogen) atoms. The van der Waals surface area contributed by atoms with Crippen molar-refractivity contribution in [1.29, 1.82) is 0 Å². The Morgan fingerprint density at radius 2 is 1.89 bits per heavy atom. The van der Waals surface area contributed by atoms with Gasteiger partial charge < -0.3 is 14.8 Å². The summed E-state index contributed by atoms with van der Waals surface area (Å²) < 4.78 is 24.9. The minimum atomic E-state index is -0.575. The molecule has 1 aliphatic rings. The lowest BCUT2D eigenvalue weighted by atomic mass is 9.94. The second kappa shape index (κ2) is 8.66. The molecule has 3 rings (SSSR count). The lowest BCUT2D eigenvalue weighted by molar-refractivity contribution is -0.120. The summed E-state index contributed by atoms with van der Waals surface area (Å²) in [6.45, 7) is 0.190. The van der Waals surface area contributed by atoms with Crippen LogP contribution in [0.4, 0.5) is 10.1 Å². The van der Waals surface area contributed by atoms with E-state index in [-0.39, 0.29) is 29.7 Å². The molecule has 0 saturated heterocycles. The van der Waals surface area contributed by atoms with E-state index in [0.717, 1.165) is 5.56 Å². The molecule has 0 amide bonds. The standard InChI is InChI=1S/C21H22FNO4/c1-26-21(25)17-11-20(27-13-14-5-3-2-4-6-14)18(22)12-19(17)23-15-7-9-16(24)10-8-15/h2-6,11-12,15,23H,7-10,13H2,1H3. The van der Waals surface area contributed by atoms with Crippen molar-refractivity contribution >= 4 is 17.4 Å². The van der Waals surface area contributed by atoms with E-state index in [2.05, 4.69) is 5.32 Å². The van der Waals surface area contributed by atoms with Gasteiger partial charge in [0, 0.05) is 24.9 Å². The van der Waals surface area contributed by atoms with Crippen molar-refractivity contribution < 1.29 is 23.5 Å². The molecule has 1 saturated carbocycles. The second-order valence-corrected chi connectivity index (χ2v) is 6.55. The molecule has 0 aliphatic heterocycles. The first-order chi connectivity index (χ1) is 13.1. The first kappa shape index (κ1) is 18.9. The smallest absolute Gasteiger partial charge is 0.340 e. The highest BCUT2D eigenvalue weighted by atomic mass is 19.1. The van der Waals surface area contributed by atoms with Crippen molar-refractivity contribution in [3.63, 3.8) is 0 Å². The van der Waals surface area contributed by atoms with Crippen LogP contribution >= 0.6 is 0 Å². The van der Waals surface area contributed by atoms with Gasteiger partial charge in [0.15, 0.2) is 11.6 Å². The Morgan fingerprint density at radius 3 is 2.56 bits per heavy atom. The van der Waals surface area contributed by atoms with Crippen molar-refractivity contribution in [3.05, 3.63) is 59.4 Å². The maximum absolute atomic E-state index is 14.5. The summed E-state index contributed by atoms with van der Waals surface area (Å²) in [5, 5.41) is 3.18. The Kier molecular flexibility index (Phi) is 6.06. The van der Waals surface area contributed by atoms with Gasteiger partial charge in [0.25, 0.3) is 0 Å². The predicted octanol–water partition coefficient (Wildman–Crippen LogP) is 4.11. The number of nitrogens with one attached hydrogen (secondary N) is 1. The Morgan fingerprint density at radius 1 is 1.19 bits per heavy atom. The van der Waals surface area contributed by atoms with Crippen LogP contribution in [0.1, 0.15) is 41.6 Å². The third-order valence-corrected chi connectivity index (χ3v) is 4.62. The van der Waals surface area contributed by atoms with Crippen molar-refractivity contribution in [2.45, 2.75) is 38.3 Å². The summed E-state index contributed by atoms with van der Waals surface area (Å²) >= 11 is 0. The van der Waals surface area contributed by atoms with Gasteiger partial charge in [0.1, 0.15) is 12.4 Å². The molecule has 0 atom stereocenters. The number of hydrogen-bond acceptors (Lipinski definition) is 5. The zero-order valence-electron chi connectivity index (χ0n) is 15.2. The highest BCUT2D eigenvalue weighted by Crippen LogP contribution is 2.30. The van der Waals surface area contributed by atoms with Crippen LogP contribution in [-0.2, 0) is 16.1 Å². The van der Waals surface area contributed by atoms with Crippen molar-refractivity contribution in [2.75, 3.05) is 12.4 Å². The molecule has 0 heterocycles. The quantitative estimate of drug-likeness (QED) is 0.774. The number of hydrogen-bond donors (Lipinski definition) is 1. The van der Waals surface area contributed by atoms with E-state index in [1.807, 2.05) is 30.3 Å². The molecule has 1 fully saturated rings. The number of benzene rings is 2. The van der Waals surface area contributed by atoms with Crippen molar-refractivity contribution in [2.24, 2.45) is 0 Å². The van der Waals surface area contributed by atoms with Crippen LogP contribution in [-0.4, -0.2) is 24.9 Å². The maximum atomic E-state index is 14.5. The zero-order valence-corrected chi connectivity index (χ0v) is 15.2. The molecule has 0 radical (unpaired) electrons. The zero-order chi connectivity index (χ0) is 19.2. The third kappa shape index (κ3) is 4.84. The number of carbonyl (C=O) groups is 2. The van der Waals surface area contributed by atoms with E-state index >= 15 is 0 Å². The monoisotopic (exact) mass is 371 g/mol. The van der Waals surface area contributed by atoms with E-state index in [9.17, 15) is 14.0 Å². The number of Topliss-reactive ketones (excluding diaryl/α,β-unsaturated/α-hetero) is 1. The summed E-state index contributed by atoms with van der Waals surface area (Å²) in [5.74, 6) is -0.914. The fourth-order valence-electron chi connectivity index (χ4n) is 3.10. The van der Waals surface area contributed by atoms with Crippen LogP contribution in [0, 0.1) is 5.82 Å². The Labute approximate surface area is 157 Å². The van der Waals surface area contributed by atoms with E-state index in [4.69, 9.17) is 9.47 Å². The molecular formula is C21H22FNO4. The maximum Gasteiger partial charge on any atom is 0.340 e. The van der Waals surface area contributed by atoms with Gasteiger partial charge in [-0.05, 0) is 24.5 Å². The number of halogens is 1. The highest BCUT2D eigenvalue weighted by molar-refractivity contribution is 5.96. The number of ether oxygens (including phenoxy) is 2. The van der Waals surface area contributed by atoms with Gasteiger partial charge in [0.05, 0.1) is 18.4 Å². The Hall–Kier alpha value is -2.89. The minimum absolute atomic E-state index is 0.0105. The van der Waals surface area contributed by atoms with Crippen LogP contribution in [0.5, 0.6) is 5.75 Å². The number of methoxy groups -OCH3 is 1. The third-order valence-electron chi connectivity index (χ3n) is 4.62. The normalized spacial score (nSPS) is 14.7. The largest absolute Gasteiger partial charge is 0.486 e. The van der Waals surface area contributed by atoms with E-state index in [1.54, 1.807) is 0 Å². The fourth-order valence-corrected chi connectivity index (χ4v) is 3.10. The van der Waals surface area contributed by atoms with E-state index in [1.165, 1.54) is 19.2 Å². The van der Waals surface area contributed by atoms with Crippen molar-refractivity contribution in [1.82, 2.24) is 0 Å². The molecule has 0 aromatic heterocycles. The predicted molar refractivity (Wildman–Crippen MR) is 99.4 cm³/mol. The molecule has 2 aromatic rings. The molecule has 1 N–H and O–H groups in total. The minimum Gasteiger partial charge on any atom is -0.486 e. The van der Waals surface area contributed by atoms with Gasteiger partial charge in [-0.25, -0.2) is 9.18 Å². The summed E-state index contributed by atoms with van der Waals surface area (Å²) in [7, 11) is 1.28. The van der Waals surface area contributed by atoms with E-state index in [0.29, 0.717) is 31.4 Å². The SMILES string of the molecule is COC(=O)c1cc(OCc2ccccc2)c(F)cc1NC1CCC(=O)CC1. The topological polar surface area (TPSA) is 64.6 Å². The van der Waals surface area contributed by atoms with Gasteiger partial charge >= 0.3 is 5.97 Å². The van der Waals surface area contributed by atoms with Crippen LogP contribution in [0.25, 0.3) is 0 Å². The molecular weight excluding hydrogens is 349 g/mol. The second-order valence-electron chi connectivity index (χ2n) is 6.55. The first-order valence-corrected chi connectivity index (χ1v) is 8.93. The van der Waals surface area contributed by atoms with Gasteiger partial charge in [-0.15, -0.1) is 0 Å². The molecule has 6 heteroatoms. The molecule has 2 aromatic carbocycles. The summed E-state index contributed by atoms with van der Waals surface area (Å²) in [6.07, 6.45) is 2.30.